The molecule has 1 aromatic heterocycles. The van der Waals surface area contributed by atoms with Gasteiger partial charge in [0.2, 0.25) is 0 Å². The Hall–Kier alpha value is -1.43. The van der Waals surface area contributed by atoms with E-state index in [-0.39, 0.29) is 5.41 Å². The molecule has 0 amide bonds. The van der Waals surface area contributed by atoms with Crippen molar-refractivity contribution < 1.29 is 0 Å². The van der Waals surface area contributed by atoms with E-state index < -0.39 is 0 Å². The molecule has 3 heteroatoms. The molecule has 1 fully saturated rings. The van der Waals surface area contributed by atoms with Crippen LogP contribution in [0.5, 0.6) is 0 Å². The number of nitrogens with zero attached hydrogens (tertiary/aromatic N) is 3. The molecule has 0 unspecified atom stereocenters. The lowest BCUT2D eigenvalue weighted by Gasteiger charge is -2.35. The highest BCUT2D eigenvalue weighted by Gasteiger charge is 2.40. The summed E-state index contributed by atoms with van der Waals surface area (Å²) in [6.45, 7) is 1.94. The maximum atomic E-state index is 9.11. The van der Waals surface area contributed by atoms with Crippen LogP contribution in [0.2, 0.25) is 0 Å². The van der Waals surface area contributed by atoms with Crippen LogP contribution in [-0.2, 0) is 5.41 Å². The van der Waals surface area contributed by atoms with Crippen LogP contribution in [-0.4, -0.2) is 9.97 Å². The van der Waals surface area contributed by atoms with Crippen LogP contribution in [0.3, 0.4) is 0 Å². The number of hydrogen-bond donors (Lipinski definition) is 0. The topological polar surface area (TPSA) is 49.6 Å². The number of aromatic nitrogens is 2. The largest absolute Gasteiger partial charge is 0.244 e. The van der Waals surface area contributed by atoms with Crippen molar-refractivity contribution in [2.45, 2.75) is 31.6 Å². The molecule has 0 bridgehead atoms. The predicted octanol–water partition coefficient (Wildman–Crippen LogP) is 1.73. The molecule has 0 aliphatic heterocycles. The molecule has 0 atom stereocenters. The molecular formula is C10H11N3. The third-order valence-corrected chi connectivity index (χ3v) is 2.85. The first-order valence-electron chi connectivity index (χ1n) is 4.47. The number of hydrogen-bond acceptors (Lipinski definition) is 3. The predicted molar refractivity (Wildman–Crippen MR) is 47.9 cm³/mol. The van der Waals surface area contributed by atoms with Crippen LogP contribution in [0.1, 0.15) is 30.5 Å². The fourth-order valence-electron chi connectivity index (χ4n) is 1.83. The minimum atomic E-state index is -0.272. The molecule has 1 heterocycles. The van der Waals surface area contributed by atoms with E-state index in [1.807, 2.05) is 6.92 Å². The molecule has 13 heavy (non-hydrogen) atoms. The van der Waals surface area contributed by atoms with Crippen LogP contribution < -0.4 is 0 Å². The quantitative estimate of drug-likeness (QED) is 0.649. The summed E-state index contributed by atoms with van der Waals surface area (Å²) in [6.07, 6.45) is 6.37. The smallest absolute Gasteiger partial charge is 0.115 e. The Morgan fingerprint density at radius 1 is 1.54 bits per heavy atom. The average Bonchev–Trinajstić information content (AvgIpc) is 2.07. The van der Waals surface area contributed by atoms with Crippen LogP contribution in [0.4, 0.5) is 0 Å². The Morgan fingerprint density at radius 2 is 2.31 bits per heavy atom. The van der Waals surface area contributed by atoms with Crippen molar-refractivity contribution in [2.24, 2.45) is 0 Å². The lowest BCUT2D eigenvalue weighted by molar-refractivity contribution is 0.321. The maximum absolute atomic E-state index is 9.11. The molecule has 1 aliphatic rings. The molecule has 66 valence electrons. The summed E-state index contributed by atoms with van der Waals surface area (Å²) < 4.78 is 0. The fraction of sp³-hybridized carbons (Fsp3) is 0.500. The lowest BCUT2D eigenvalue weighted by atomic mass is 9.65. The summed E-state index contributed by atoms with van der Waals surface area (Å²) in [7, 11) is 0. The molecule has 0 spiro atoms. The monoisotopic (exact) mass is 173 g/mol. The highest BCUT2D eigenvalue weighted by atomic mass is 14.8. The second-order valence-corrected chi connectivity index (χ2v) is 3.57. The second-order valence-electron chi connectivity index (χ2n) is 3.57. The summed E-state index contributed by atoms with van der Waals surface area (Å²) >= 11 is 0. The van der Waals surface area contributed by atoms with E-state index in [1.165, 1.54) is 6.33 Å². The zero-order valence-corrected chi connectivity index (χ0v) is 7.62. The average molecular weight is 173 g/mol. The van der Waals surface area contributed by atoms with Gasteiger partial charge in [-0.2, -0.15) is 5.26 Å². The van der Waals surface area contributed by atoms with Gasteiger partial charge in [0.15, 0.2) is 0 Å². The fourth-order valence-corrected chi connectivity index (χ4v) is 1.83. The summed E-state index contributed by atoms with van der Waals surface area (Å²) in [5.41, 5.74) is 1.69. The van der Waals surface area contributed by atoms with Gasteiger partial charge in [0.05, 0.1) is 11.5 Å². The number of aryl methyl sites for hydroxylation is 1. The van der Waals surface area contributed by atoms with Gasteiger partial charge in [-0.3, -0.25) is 0 Å². The molecule has 0 aromatic carbocycles. The Bertz CT molecular complexity index is 361. The van der Waals surface area contributed by atoms with Crippen LogP contribution in [0, 0.1) is 18.3 Å². The Morgan fingerprint density at radius 3 is 2.77 bits per heavy atom. The first kappa shape index (κ1) is 8.18. The van der Waals surface area contributed by atoms with Gasteiger partial charge >= 0.3 is 0 Å². The van der Waals surface area contributed by atoms with E-state index in [0.29, 0.717) is 0 Å². The van der Waals surface area contributed by atoms with Gasteiger partial charge in [0.25, 0.3) is 0 Å². The lowest BCUT2D eigenvalue weighted by Crippen LogP contribution is -2.33. The molecule has 1 aliphatic carbocycles. The second kappa shape index (κ2) is 2.81. The third kappa shape index (κ3) is 1.10. The molecule has 2 rings (SSSR count). The van der Waals surface area contributed by atoms with E-state index in [9.17, 15) is 0 Å². The van der Waals surface area contributed by atoms with Gasteiger partial charge in [-0.05, 0) is 26.2 Å². The van der Waals surface area contributed by atoms with Crippen LogP contribution in [0.15, 0.2) is 12.5 Å². The van der Waals surface area contributed by atoms with Crippen molar-refractivity contribution >= 4 is 0 Å². The molecule has 0 saturated heterocycles. The SMILES string of the molecule is Cc1ncncc1C1(C#N)CCC1. The molecule has 1 saturated carbocycles. The summed E-state index contributed by atoms with van der Waals surface area (Å²) in [6, 6.07) is 2.39. The van der Waals surface area contributed by atoms with E-state index in [2.05, 4.69) is 16.0 Å². The minimum absolute atomic E-state index is 0.272. The van der Waals surface area contributed by atoms with Crippen molar-refractivity contribution in [3.05, 3.63) is 23.8 Å². The number of nitriles is 1. The standard InChI is InChI=1S/C10H11N3/c1-8-9(5-12-7-13-8)10(6-11)3-2-4-10/h5,7H,2-4H2,1H3. The summed E-state index contributed by atoms with van der Waals surface area (Å²) in [5.74, 6) is 0. The van der Waals surface area contributed by atoms with Crippen LogP contribution >= 0.6 is 0 Å². The van der Waals surface area contributed by atoms with Gasteiger partial charge in [-0.15, -0.1) is 0 Å². The van der Waals surface area contributed by atoms with Crippen LogP contribution in [0.25, 0.3) is 0 Å². The zero-order chi connectivity index (χ0) is 9.31. The highest BCUT2D eigenvalue weighted by molar-refractivity contribution is 5.35. The normalized spacial score (nSPS) is 18.8. The van der Waals surface area contributed by atoms with Gasteiger partial charge in [0.1, 0.15) is 6.33 Å². The molecule has 3 nitrogen and oxygen atoms in total. The zero-order valence-electron chi connectivity index (χ0n) is 7.62. The van der Waals surface area contributed by atoms with Crippen molar-refractivity contribution in [3.63, 3.8) is 0 Å². The molecular weight excluding hydrogens is 162 g/mol. The van der Waals surface area contributed by atoms with Gasteiger partial charge in [0, 0.05) is 17.5 Å². The Kier molecular flexibility index (Phi) is 1.77. The van der Waals surface area contributed by atoms with E-state index in [4.69, 9.17) is 5.26 Å². The Balaban J connectivity index is 2.46. The first-order chi connectivity index (χ1) is 6.28. The Labute approximate surface area is 77.4 Å². The van der Waals surface area contributed by atoms with Crippen molar-refractivity contribution in [3.8, 4) is 6.07 Å². The molecule has 1 aromatic rings. The van der Waals surface area contributed by atoms with Crippen molar-refractivity contribution in [1.29, 1.82) is 5.26 Å². The number of rotatable bonds is 1. The minimum Gasteiger partial charge on any atom is -0.244 e. The van der Waals surface area contributed by atoms with E-state index in [0.717, 1.165) is 30.5 Å². The van der Waals surface area contributed by atoms with Gasteiger partial charge in [-0.25, -0.2) is 9.97 Å². The summed E-state index contributed by atoms with van der Waals surface area (Å²) in [4.78, 5) is 8.09. The third-order valence-electron chi connectivity index (χ3n) is 2.85. The first-order valence-corrected chi connectivity index (χ1v) is 4.47. The molecule has 0 N–H and O–H groups in total. The highest BCUT2D eigenvalue weighted by Crippen LogP contribution is 2.43. The van der Waals surface area contributed by atoms with Crippen molar-refractivity contribution in [2.75, 3.05) is 0 Å². The van der Waals surface area contributed by atoms with E-state index >= 15 is 0 Å². The molecule has 0 radical (unpaired) electrons. The van der Waals surface area contributed by atoms with Gasteiger partial charge in [-0.1, -0.05) is 0 Å². The van der Waals surface area contributed by atoms with Crippen molar-refractivity contribution in [1.82, 2.24) is 9.97 Å². The maximum Gasteiger partial charge on any atom is 0.115 e. The summed E-state index contributed by atoms with van der Waals surface area (Å²) in [5, 5.41) is 9.11. The van der Waals surface area contributed by atoms with E-state index in [1.54, 1.807) is 6.20 Å². The van der Waals surface area contributed by atoms with Gasteiger partial charge < -0.3 is 0 Å².